The van der Waals surface area contributed by atoms with E-state index in [1.165, 1.54) is 33.0 Å². The molecule has 2 aromatic carbocycles. The van der Waals surface area contributed by atoms with E-state index in [2.05, 4.69) is 0 Å². The third-order valence-electron chi connectivity index (χ3n) is 4.29. The first-order valence-corrected chi connectivity index (χ1v) is 9.40. The van der Waals surface area contributed by atoms with Gasteiger partial charge in [0.05, 0.1) is 28.4 Å². The Balaban J connectivity index is 2.23. The van der Waals surface area contributed by atoms with E-state index in [9.17, 15) is 4.79 Å². The average molecular weight is 412 g/mol. The monoisotopic (exact) mass is 412 g/mol. The number of ketones is 1. The maximum Gasteiger partial charge on any atom is 0.203 e. The van der Waals surface area contributed by atoms with Gasteiger partial charge in [0, 0.05) is 5.56 Å². The zero-order valence-electron chi connectivity index (χ0n) is 18.3. The van der Waals surface area contributed by atoms with Crippen LogP contribution in [-0.2, 0) is 0 Å². The van der Waals surface area contributed by atoms with Crippen LogP contribution in [0.15, 0.2) is 48.1 Å². The molecule has 0 saturated carbocycles. The van der Waals surface area contributed by atoms with Crippen molar-refractivity contribution in [3.05, 3.63) is 59.2 Å². The normalized spacial score (nSPS) is 10.5. The van der Waals surface area contributed by atoms with Crippen molar-refractivity contribution >= 4 is 11.9 Å². The third kappa shape index (κ3) is 5.80. The molecule has 0 atom stereocenters. The molecule has 0 unspecified atom stereocenters. The summed E-state index contributed by atoms with van der Waals surface area (Å²) < 4.78 is 27.0. The SMILES string of the molecule is COc1cc(/C=C/C(=O)c2cc(OC)c(OC)c(OC)c2)ccc1OCC=C(C)C. The van der Waals surface area contributed by atoms with Gasteiger partial charge in [-0.2, -0.15) is 0 Å². The Hall–Kier alpha value is -3.41. The first-order valence-electron chi connectivity index (χ1n) is 9.40. The number of carbonyl (C=O) groups excluding carboxylic acids is 1. The molecular weight excluding hydrogens is 384 g/mol. The van der Waals surface area contributed by atoms with Crippen LogP contribution in [0.25, 0.3) is 6.08 Å². The van der Waals surface area contributed by atoms with Crippen molar-refractivity contribution in [1.29, 1.82) is 0 Å². The van der Waals surface area contributed by atoms with E-state index in [4.69, 9.17) is 23.7 Å². The van der Waals surface area contributed by atoms with Gasteiger partial charge in [0.15, 0.2) is 28.8 Å². The average Bonchev–Trinajstić information content (AvgIpc) is 2.76. The van der Waals surface area contributed by atoms with E-state index in [1.54, 1.807) is 25.3 Å². The molecule has 0 aliphatic rings. The number of hydrogen-bond donors (Lipinski definition) is 0. The van der Waals surface area contributed by atoms with Crippen molar-refractivity contribution in [3.8, 4) is 28.7 Å². The molecule has 160 valence electrons. The zero-order chi connectivity index (χ0) is 22.1. The highest BCUT2D eigenvalue weighted by molar-refractivity contribution is 6.07. The van der Waals surface area contributed by atoms with E-state index in [0.29, 0.717) is 40.9 Å². The van der Waals surface area contributed by atoms with Gasteiger partial charge in [-0.25, -0.2) is 0 Å². The predicted octanol–water partition coefficient (Wildman–Crippen LogP) is 4.96. The summed E-state index contributed by atoms with van der Waals surface area (Å²) >= 11 is 0. The minimum absolute atomic E-state index is 0.197. The fourth-order valence-electron chi connectivity index (χ4n) is 2.70. The van der Waals surface area contributed by atoms with Crippen LogP contribution in [0.4, 0.5) is 0 Å². The Morgan fingerprint density at radius 2 is 1.47 bits per heavy atom. The second-order valence-corrected chi connectivity index (χ2v) is 6.61. The van der Waals surface area contributed by atoms with Gasteiger partial charge < -0.3 is 23.7 Å². The zero-order valence-corrected chi connectivity index (χ0v) is 18.3. The minimum Gasteiger partial charge on any atom is -0.493 e. The van der Waals surface area contributed by atoms with E-state index >= 15 is 0 Å². The molecule has 2 aromatic rings. The largest absolute Gasteiger partial charge is 0.493 e. The molecule has 0 fully saturated rings. The molecule has 0 aliphatic heterocycles. The van der Waals surface area contributed by atoms with Crippen LogP contribution in [0.5, 0.6) is 28.7 Å². The molecule has 0 radical (unpaired) electrons. The maximum atomic E-state index is 12.7. The first kappa shape index (κ1) is 22.9. The summed E-state index contributed by atoms with van der Waals surface area (Å²) in [6, 6.07) is 8.74. The van der Waals surface area contributed by atoms with E-state index < -0.39 is 0 Å². The molecule has 30 heavy (non-hydrogen) atoms. The second kappa shape index (κ2) is 11.0. The number of allylic oxidation sites excluding steroid dienone is 2. The second-order valence-electron chi connectivity index (χ2n) is 6.61. The van der Waals surface area contributed by atoms with Gasteiger partial charge in [0.2, 0.25) is 5.75 Å². The fraction of sp³-hybridized carbons (Fsp3) is 0.292. The lowest BCUT2D eigenvalue weighted by Gasteiger charge is -2.13. The van der Waals surface area contributed by atoms with Crippen molar-refractivity contribution in [2.24, 2.45) is 0 Å². The predicted molar refractivity (Wildman–Crippen MR) is 117 cm³/mol. The van der Waals surface area contributed by atoms with E-state index in [1.807, 2.05) is 38.1 Å². The summed E-state index contributed by atoms with van der Waals surface area (Å²) in [5, 5.41) is 0. The highest BCUT2D eigenvalue weighted by Crippen LogP contribution is 2.38. The third-order valence-corrected chi connectivity index (χ3v) is 4.29. The van der Waals surface area contributed by atoms with Crippen LogP contribution in [-0.4, -0.2) is 40.8 Å². The van der Waals surface area contributed by atoms with Crippen LogP contribution in [0.1, 0.15) is 29.8 Å². The highest BCUT2D eigenvalue weighted by atomic mass is 16.5. The van der Waals surface area contributed by atoms with Gasteiger partial charge in [-0.15, -0.1) is 0 Å². The summed E-state index contributed by atoms with van der Waals surface area (Å²) in [6.45, 7) is 4.49. The Morgan fingerprint density at radius 1 is 0.833 bits per heavy atom. The summed E-state index contributed by atoms with van der Waals surface area (Å²) in [4.78, 5) is 12.7. The molecular formula is C24H28O6. The molecule has 6 heteroatoms. The number of carbonyl (C=O) groups is 1. The van der Waals surface area contributed by atoms with Crippen molar-refractivity contribution < 1.29 is 28.5 Å². The van der Waals surface area contributed by atoms with Crippen LogP contribution < -0.4 is 23.7 Å². The van der Waals surface area contributed by atoms with Crippen molar-refractivity contribution in [2.75, 3.05) is 35.0 Å². The lowest BCUT2D eigenvalue weighted by Crippen LogP contribution is -2.00. The van der Waals surface area contributed by atoms with Gasteiger partial charge >= 0.3 is 0 Å². The summed E-state index contributed by atoms with van der Waals surface area (Å²) in [5.74, 6) is 2.33. The number of rotatable bonds is 10. The fourth-order valence-corrected chi connectivity index (χ4v) is 2.70. The Kier molecular flexibility index (Phi) is 8.35. The van der Waals surface area contributed by atoms with Crippen molar-refractivity contribution in [3.63, 3.8) is 0 Å². The standard InChI is InChI=1S/C24H28O6/c1-16(2)11-12-30-20-10-8-17(13-21(20)26-3)7-9-19(25)18-14-22(27-4)24(29-6)23(15-18)28-5/h7-11,13-15H,12H2,1-6H3/b9-7+. The van der Waals surface area contributed by atoms with E-state index in [0.717, 1.165) is 5.56 Å². The first-order chi connectivity index (χ1) is 14.4. The summed E-state index contributed by atoms with van der Waals surface area (Å²) in [5.41, 5.74) is 2.41. The quantitative estimate of drug-likeness (QED) is 0.312. The smallest absolute Gasteiger partial charge is 0.203 e. The molecule has 0 heterocycles. The highest BCUT2D eigenvalue weighted by Gasteiger charge is 2.15. The van der Waals surface area contributed by atoms with Gasteiger partial charge in [0.25, 0.3) is 0 Å². The van der Waals surface area contributed by atoms with Crippen LogP contribution >= 0.6 is 0 Å². The molecule has 2 rings (SSSR count). The number of methoxy groups -OCH3 is 4. The topological polar surface area (TPSA) is 63.2 Å². The van der Waals surface area contributed by atoms with Gasteiger partial charge in [-0.3, -0.25) is 4.79 Å². The Bertz CT molecular complexity index is 914. The molecule has 0 bridgehead atoms. The maximum absolute atomic E-state index is 12.7. The van der Waals surface area contributed by atoms with Gasteiger partial charge in [-0.05, 0) is 55.8 Å². The summed E-state index contributed by atoms with van der Waals surface area (Å²) in [7, 11) is 6.11. The minimum atomic E-state index is -0.197. The van der Waals surface area contributed by atoms with Crippen LogP contribution in [0, 0.1) is 0 Å². The number of hydrogen-bond acceptors (Lipinski definition) is 6. The molecule has 0 spiro atoms. The van der Waals surface area contributed by atoms with Crippen LogP contribution in [0.2, 0.25) is 0 Å². The lowest BCUT2D eigenvalue weighted by atomic mass is 10.1. The molecule has 0 saturated heterocycles. The number of benzene rings is 2. The Labute approximate surface area is 177 Å². The van der Waals surface area contributed by atoms with Gasteiger partial charge in [0.1, 0.15) is 6.61 Å². The Morgan fingerprint density at radius 3 is 2.00 bits per heavy atom. The van der Waals surface area contributed by atoms with Crippen LogP contribution in [0.3, 0.4) is 0 Å². The summed E-state index contributed by atoms with van der Waals surface area (Å²) in [6.07, 6.45) is 5.19. The number of ether oxygens (including phenoxy) is 5. The van der Waals surface area contributed by atoms with Crippen molar-refractivity contribution in [2.45, 2.75) is 13.8 Å². The van der Waals surface area contributed by atoms with Crippen molar-refractivity contribution in [1.82, 2.24) is 0 Å². The molecule has 0 amide bonds. The molecule has 6 nitrogen and oxygen atoms in total. The molecule has 0 aliphatic carbocycles. The molecule has 0 aromatic heterocycles. The lowest BCUT2D eigenvalue weighted by molar-refractivity contribution is 0.104. The molecule has 0 N–H and O–H groups in total. The van der Waals surface area contributed by atoms with Gasteiger partial charge in [-0.1, -0.05) is 17.7 Å². The van der Waals surface area contributed by atoms with E-state index in [-0.39, 0.29) is 5.78 Å².